The summed E-state index contributed by atoms with van der Waals surface area (Å²) < 4.78 is 1.76. The number of aromatic nitrogens is 3. The van der Waals surface area contributed by atoms with Gasteiger partial charge >= 0.3 is 0 Å². The van der Waals surface area contributed by atoms with Gasteiger partial charge in [-0.2, -0.15) is 0 Å². The van der Waals surface area contributed by atoms with Crippen LogP contribution < -0.4 is 0 Å². The standard InChI is InChI=1S/C7H11N3O/c1-2-4-10-7(3-5-11)6-8-9-10/h5-6H,2-4H2,1H3. The lowest BCUT2D eigenvalue weighted by Crippen LogP contribution is -2.04. The Labute approximate surface area is 65.2 Å². The van der Waals surface area contributed by atoms with Gasteiger partial charge in [0.05, 0.1) is 11.9 Å². The Morgan fingerprint density at radius 1 is 1.73 bits per heavy atom. The maximum absolute atomic E-state index is 10.2. The summed E-state index contributed by atoms with van der Waals surface area (Å²) in [6.45, 7) is 2.90. The van der Waals surface area contributed by atoms with Crippen molar-refractivity contribution in [2.75, 3.05) is 0 Å². The van der Waals surface area contributed by atoms with Crippen molar-refractivity contribution >= 4 is 6.29 Å². The van der Waals surface area contributed by atoms with Crippen molar-refractivity contribution < 1.29 is 4.79 Å². The highest BCUT2D eigenvalue weighted by Crippen LogP contribution is 1.96. The summed E-state index contributed by atoms with van der Waals surface area (Å²) in [6.07, 6.45) is 3.91. The lowest BCUT2D eigenvalue weighted by Gasteiger charge is -1.99. The first-order valence-corrected chi connectivity index (χ1v) is 3.69. The van der Waals surface area contributed by atoms with E-state index in [0.717, 1.165) is 24.9 Å². The molecule has 60 valence electrons. The molecule has 0 saturated carbocycles. The molecule has 0 N–H and O–H groups in total. The van der Waals surface area contributed by atoms with Gasteiger partial charge in [0.15, 0.2) is 0 Å². The average Bonchev–Trinajstić information content (AvgIpc) is 2.39. The van der Waals surface area contributed by atoms with Gasteiger partial charge in [0, 0.05) is 13.0 Å². The minimum absolute atomic E-state index is 0.410. The minimum Gasteiger partial charge on any atom is -0.303 e. The average molecular weight is 153 g/mol. The van der Waals surface area contributed by atoms with Gasteiger partial charge in [-0.25, -0.2) is 4.68 Å². The quantitative estimate of drug-likeness (QED) is 0.589. The van der Waals surface area contributed by atoms with E-state index in [1.54, 1.807) is 10.9 Å². The molecule has 0 aliphatic carbocycles. The van der Waals surface area contributed by atoms with E-state index in [0.29, 0.717) is 6.42 Å². The summed E-state index contributed by atoms with van der Waals surface area (Å²) in [5, 5.41) is 7.55. The number of aldehydes is 1. The van der Waals surface area contributed by atoms with E-state index in [9.17, 15) is 4.79 Å². The molecule has 0 fully saturated rings. The van der Waals surface area contributed by atoms with E-state index in [1.165, 1.54) is 0 Å². The predicted octanol–water partition coefficient (Wildman–Crippen LogP) is 0.429. The molecule has 0 aliphatic heterocycles. The van der Waals surface area contributed by atoms with Gasteiger partial charge in [-0.05, 0) is 6.42 Å². The Bertz CT molecular complexity index is 231. The van der Waals surface area contributed by atoms with Gasteiger partial charge in [-0.15, -0.1) is 5.10 Å². The highest BCUT2D eigenvalue weighted by molar-refractivity contribution is 5.53. The lowest BCUT2D eigenvalue weighted by atomic mass is 10.3. The summed E-state index contributed by atoms with van der Waals surface area (Å²) >= 11 is 0. The number of carbonyl (C=O) groups is 1. The number of hydrogen-bond donors (Lipinski definition) is 0. The molecule has 1 heterocycles. The molecule has 11 heavy (non-hydrogen) atoms. The second-order valence-electron chi connectivity index (χ2n) is 2.32. The van der Waals surface area contributed by atoms with E-state index in [4.69, 9.17) is 0 Å². The smallest absolute Gasteiger partial charge is 0.125 e. The van der Waals surface area contributed by atoms with E-state index in [1.807, 2.05) is 0 Å². The molecule has 0 aromatic carbocycles. The first-order valence-electron chi connectivity index (χ1n) is 3.69. The van der Waals surface area contributed by atoms with Crippen molar-refractivity contribution in [3.8, 4) is 0 Å². The van der Waals surface area contributed by atoms with Crippen LogP contribution in [0.25, 0.3) is 0 Å². The van der Waals surface area contributed by atoms with Crippen LogP contribution in [0.5, 0.6) is 0 Å². The molecule has 1 aromatic rings. The van der Waals surface area contributed by atoms with Gasteiger partial charge in [0.1, 0.15) is 6.29 Å². The molecule has 1 aromatic heterocycles. The van der Waals surface area contributed by atoms with Crippen LogP contribution in [-0.4, -0.2) is 21.3 Å². The number of hydrogen-bond acceptors (Lipinski definition) is 3. The fourth-order valence-electron chi connectivity index (χ4n) is 0.922. The molecule has 0 radical (unpaired) electrons. The van der Waals surface area contributed by atoms with E-state index < -0.39 is 0 Å². The highest BCUT2D eigenvalue weighted by Gasteiger charge is 2.00. The van der Waals surface area contributed by atoms with Crippen molar-refractivity contribution in [3.05, 3.63) is 11.9 Å². The zero-order valence-electron chi connectivity index (χ0n) is 6.53. The molecule has 0 aliphatic rings. The van der Waals surface area contributed by atoms with Crippen LogP contribution in [0.4, 0.5) is 0 Å². The normalized spacial score (nSPS) is 9.91. The number of carbonyl (C=O) groups excluding carboxylic acids is 1. The summed E-state index contributed by atoms with van der Waals surface area (Å²) in [6, 6.07) is 0. The number of aryl methyl sites for hydroxylation is 1. The SMILES string of the molecule is CCCn1nncc1CC=O. The Morgan fingerprint density at radius 2 is 2.55 bits per heavy atom. The molecule has 4 nitrogen and oxygen atoms in total. The molecule has 0 spiro atoms. The Hall–Kier alpha value is -1.19. The third-order valence-corrected chi connectivity index (χ3v) is 1.43. The summed E-state index contributed by atoms with van der Waals surface area (Å²) in [5.74, 6) is 0. The Balaban J connectivity index is 2.69. The van der Waals surface area contributed by atoms with Crippen molar-refractivity contribution in [1.29, 1.82) is 0 Å². The fraction of sp³-hybridized carbons (Fsp3) is 0.571. The van der Waals surface area contributed by atoms with E-state index in [-0.39, 0.29) is 0 Å². The molecular formula is C7H11N3O. The molecular weight excluding hydrogens is 142 g/mol. The van der Waals surface area contributed by atoms with Crippen LogP contribution >= 0.6 is 0 Å². The topological polar surface area (TPSA) is 47.8 Å². The zero-order chi connectivity index (χ0) is 8.10. The molecule has 0 atom stereocenters. The minimum atomic E-state index is 0.410. The first kappa shape index (κ1) is 7.91. The van der Waals surface area contributed by atoms with Gasteiger partial charge in [0.2, 0.25) is 0 Å². The van der Waals surface area contributed by atoms with E-state index in [2.05, 4.69) is 17.2 Å². The maximum Gasteiger partial charge on any atom is 0.125 e. The highest BCUT2D eigenvalue weighted by atomic mass is 16.1. The molecule has 0 unspecified atom stereocenters. The van der Waals surface area contributed by atoms with Crippen molar-refractivity contribution in [3.63, 3.8) is 0 Å². The number of rotatable bonds is 4. The maximum atomic E-state index is 10.2. The monoisotopic (exact) mass is 153 g/mol. The third-order valence-electron chi connectivity index (χ3n) is 1.43. The van der Waals surface area contributed by atoms with E-state index >= 15 is 0 Å². The lowest BCUT2D eigenvalue weighted by molar-refractivity contribution is -0.107. The van der Waals surface area contributed by atoms with Crippen LogP contribution in [0.1, 0.15) is 19.0 Å². The summed E-state index contributed by atoms with van der Waals surface area (Å²) in [7, 11) is 0. The second-order valence-corrected chi connectivity index (χ2v) is 2.32. The number of nitrogens with zero attached hydrogens (tertiary/aromatic N) is 3. The van der Waals surface area contributed by atoms with Crippen LogP contribution in [0.15, 0.2) is 6.20 Å². The largest absolute Gasteiger partial charge is 0.303 e. The van der Waals surface area contributed by atoms with Crippen LogP contribution in [0.2, 0.25) is 0 Å². The van der Waals surface area contributed by atoms with Gasteiger partial charge in [0.25, 0.3) is 0 Å². The van der Waals surface area contributed by atoms with Crippen LogP contribution in [-0.2, 0) is 17.8 Å². The summed E-state index contributed by atoms with van der Waals surface area (Å²) in [5.41, 5.74) is 0.891. The molecule has 0 bridgehead atoms. The van der Waals surface area contributed by atoms with Crippen molar-refractivity contribution in [2.24, 2.45) is 0 Å². The first-order chi connectivity index (χ1) is 5.38. The predicted molar refractivity (Wildman–Crippen MR) is 40.1 cm³/mol. The zero-order valence-corrected chi connectivity index (χ0v) is 6.53. The Kier molecular flexibility index (Phi) is 2.77. The summed E-state index contributed by atoms with van der Waals surface area (Å²) in [4.78, 5) is 10.2. The van der Waals surface area contributed by atoms with Gasteiger partial charge < -0.3 is 4.79 Å². The molecule has 0 saturated heterocycles. The van der Waals surface area contributed by atoms with Gasteiger partial charge in [-0.3, -0.25) is 0 Å². The second kappa shape index (κ2) is 3.85. The van der Waals surface area contributed by atoms with Crippen LogP contribution in [0, 0.1) is 0 Å². The Morgan fingerprint density at radius 3 is 3.18 bits per heavy atom. The fourth-order valence-corrected chi connectivity index (χ4v) is 0.922. The third kappa shape index (κ3) is 1.86. The molecule has 0 amide bonds. The molecule has 4 heteroatoms. The van der Waals surface area contributed by atoms with Crippen LogP contribution in [0.3, 0.4) is 0 Å². The van der Waals surface area contributed by atoms with Crippen molar-refractivity contribution in [1.82, 2.24) is 15.0 Å². The molecule has 1 rings (SSSR count). The van der Waals surface area contributed by atoms with Gasteiger partial charge in [-0.1, -0.05) is 12.1 Å². The van der Waals surface area contributed by atoms with Crippen molar-refractivity contribution in [2.45, 2.75) is 26.3 Å².